The van der Waals surface area contributed by atoms with Gasteiger partial charge in [0.05, 0.1) is 11.4 Å². The predicted octanol–water partition coefficient (Wildman–Crippen LogP) is 2.85. The Bertz CT molecular complexity index is 913. The Morgan fingerprint density at radius 1 is 1.27 bits per heavy atom. The molecule has 1 atom stereocenters. The lowest BCUT2D eigenvalue weighted by Crippen LogP contribution is -2.36. The van der Waals surface area contributed by atoms with Gasteiger partial charge in [0, 0.05) is 30.0 Å². The van der Waals surface area contributed by atoms with Crippen molar-refractivity contribution in [1.29, 1.82) is 0 Å². The van der Waals surface area contributed by atoms with Crippen molar-refractivity contribution in [2.75, 3.05) is 23.9 Å². The molecular formula is C19H19N3O3S. The highest BCUT2D eigenvalue weighted by atomic mass is 32.1. The zero-order valence-corrected chi connectivity index (χ0v) is 15.3. The number of anilines is 2. The number of aryl methyl sites for hydroxylation is 2. The topological polar surface area (TPSA) is 71.5 Å². The van der Waals surface area contributed by atoms with Gasteiger partial charge in [-0.15, -0.1) is 11.3 Å². The van der Waals surface area contributed by atoms with Crippen LogP contribution in [0.1, 0.15) is 46.3 Å². The number of benzene rings is 1. The second-order valence-corrected chi connectivity index (χ2v) is 8.20. The van der Waals surface area contributed by atoms with Crippen LogP contribution in [-0.4, -0.2) is 30.5 Å². The van der Waals surface area contributed by atoms with E-state index in [1.165, 1.54) is 23.4 Å². The molecule has 2 aromatic rings. The third kappa shape index (κ3) is 2.41. The van der Waals surface area contributed by atoms with E-state index < -0.39 is 0 Å². The maximum absolute atomic E-state index is 12.3. The molecule has 0 spiro atoms. The SMILES string of the molecule is CN1C(=O)COc2cc3c(cc21)NC(=O)C[C@H]3c1nc2c(s1)CCCC2. The number of hydrogen-bond donors (Lipinski definition) is 1. The second kappa shape index (κ2) is 5.81. The van der Waals surface area contributed by atoms with Crippen molar-refractivity contribution < 1.29 is 14.3 Å². The average Bonchev–Trinajstić information content (AvgIpc) is 3.07. The van der Waals surface area contributed by atoms with Crippen LogP contribution in [0.4, 0.5) is 11.4 Å². The quantitative estimate of drug-likeness (QED) is 0.839. The van der Waals surface area contributed by atoms with Crippen LogP contribution in [0.15, 0.2) is 12.1 Å². The first-order valence-electron chi connectivity index (χ1n) is 8.96. The van der Waals surface area contributed by atoms with Crippen molar-refractivity contribution in [2.45, 2.75) is 38.0 Å². The van der Waals surface area contributed by atoms with E-state index in [4.69, 9.17) is 9.72 Å². The summed E-state index contributed by atoms with van der Waals surface area (Å²) in [6.45, 7) is 0.0465. The monoisotopic (exact) mass is 369 g/mol. The lowest BCUT2D eigenvalue weighted by molar-refractivity contribution is -0.121. The molecule has 1 aromatic heterocycles. The number of nitrogens with one attached hydrogen (secondary N) is 1. The fourth-order valence-electron chi connectivity index (χ4n) is 3.97. The molecule has 0 fully saturated rings. The highest BCUT2D eigenvalue weighted by Crippen LogP contribution is 2.45. The summed E-state index contributed by atoms with van der Waals surface area (Å²) in [6.07, 6.45) is 4.95. The van der Waals surface area contributed by atoms with Gasteiger partial charge in [-0.3, -0.25) is 9.59 Å². The van der Waals surface area contributed by atoms with E-state index in [2.05, 4.69) is 5.32 Å². The molecule has 3 heterocycles. The first-order chi connectivity index (χ1) is 12.6. The number of carbonyl (C=O) groups is 2. The minimum atomic E-state index is -0.0938. The number of nitrogens with zero attached hydrogens (tertiary/aromatic N) is 2. The zero-order valence-electron chi connectivity index (χ0n) is 14.5. The Kier molecular flexibility index (Phi) is 3.53. The molecule has 2 aliphatic heterocycles. The van der Waals surface area contributed by atoms with E-state index in [0.29, 0.717) is 17.9 Å². The van der Waals surface area contributed by atoms with Crippen LogP contribution in [0, 0.1) is 0 Å². The fraction of sp³-hybridized carbons (Fsp3) is 0.421. The summed E-state index contributed by atoms with van der Waals surface area (Å²) in [5.41, 5.74) is 3.68. The standard InChI is InChI=1S/C19H19N3O3S/c1-22-14-8-13-10(6-15(14)25-9-18(22)24)11(7-17(23)20-13)19-21-12-4-2-3-5-16(12)26-19/h6,8,11H,2-5,7,9H2,1H3,(H,20,23)/t11-/m1/s1. The van der Waals surface area contributed by atoms with Gasteiger partial charge in [0.1, 0.15) is 10.8 Å². The van der Waals surface area contributed by atoms with Crippen LogP contribution < -0.4 is 15.0 Å². The molecule has 3 aliphatic rings. The van der Waals surface area contributed by atoms with E-state index >= 15 is 0 Å². The summed E-state index contributed by atoms with van der Waals surface area (Å²) in [7, 11) is 1.73. The molecule has 134 valence electrons. The largest absolute Gasteiger partial charge is 0.482 e. The van der Waals surface area contributed by atoms with E-state index in [1.807, 2.05) is 12.1 Å². The number of rotatable bonds is 1. The van der Waals surface area contributed by atoms with Crippen molar-refractivity contribution in [1.82, 2.24) is 4.98 Å². The van der Waals surface area contributed by atoms with Gasteiger partial charge in [0.25, 0.3) is 5.91 Å². The number of fused-ring (bicyclic) bond motifs is 3. The molecule has 1 aromatic carbocycles. The average molecular weight is 369 g/mol. The first kappa shape index (κ1) is 15.8. The summed E-state index contributed by atoms with van der Waals surface area (Å²) in [6, 6.07) is 3.82. The van der Waals surface area contributed by atoms with Gasteiger partial charge in [-0.05, 0) is 43.4 Å². The molecule has 0 radical (unpaired) electrons. The first-order valence-corrected chi connectivity index (χ1v) is 9.77. The highest BCUT2D eigenvalue weighted by Gasteiger charge is 2.33. The van der Waals surface area contributed by atoms with E-state index in [9.17, 15) is 9.59 Å². The molecule has 2 amide bonds. The highest BCUT2D eigenvalue weighted by molar-refractivity contribution is 7.11. The molecule has 6 nitrogen and oxygen atoms in total. The number of amides is 2. The van der Waals surface area contributed by atoms with Crippen molar-refractivity contribution in [3.63, 3.8) is 0 Å². The van der Waals surface area contributed by atoms with Crippen LogP contribution >= 0.6 is 11.3 Å². The normalized spacial score (nSPS) is 21.4. The molecule has 7 heteroatoms. The Hall–Kier alpha value is -2.41. The zero-order chi connectivity index (χ0) is 17.8. The number of hydrogen-bond acceptors (Lipinski definition) is 5. The summed E-state index contributed by atoms with van der Waals surface area (Å²) in [5, 5.41) is 3.97. The maximum Gasteiger partial charge on any atom is 0.264 e. The van der Waals surface area contributed by atoms with Crippen LogP contribution in [0.5, 0.6) is 5.75 Å². The molecule has 1 N–H and O–H groups in total. The minimum absolute atomic E-state index is 0.0127. The molecule has 0 saturated heterocycles. The molecule has 0 unspecified atom stereocenters. The number of aromatic nitrogens is 1. The van der Waals surface area contributed by atoms with Gasteiger partial charge >= 0.3 is 0 Å². The second-order valence-electron chi connectivity index (χ2n) is 7.08. The van der Waals surface area contributed by atoms with E-state index in [1.54, 1.807) is 23.3 Å². The fourth-order valence-corrected chi connectivity index (χ4v) is 5.24. The molecule has 0 saturated carbocycles. The van der Waals surface area contributed by atoms with Crippen molar-refractivity contribution in [2.24, 2.45) is 0 Å². The Balaban J connectivity index is 1.61. The van der Waals surface area contributed by atoms with E-state index in [0.717, 1.165) is 29.1 Å². The summed E-state index contributed by atoms with van der Waals surface area (Å²) in [4.78, 5) is 32.0. The number of likely N-dealkylation sites (N-methyl/N-ethyl adjacent to an activating group) is 1. The van der Waals surface area contributed by atoms with Crippen molar-refractivity contribution >= 4 is 34.5 Å². The molecule has 5 rings (SSSR count). The molecule has 26 heavy (non-hydrogen) atoms. The summed E-state index contributed by atoms with van der Waals surface area (Å²) < 4.78 is 5.64. The smallest absolute Gasteiger partial charge is 0.264 e. The van der Waals surface area contributed by atoms with Gasteiger partial charge in [-0.1, -0.05) is 0 Å². The van der Waals surface area contributed by atoms with Crippen molar-refractivity contribution in [3.8, 4) is 5.75 Å². The van der Waals surface area contributed by atoms with Crippen LogP contribution in [-0.2, 0) is 22.4 Å². The lowest BCUT2D eigenvalue weighted by atomic mass is 9.90. The van der Waals surface area contributed by atoms with Gasteiger partial charge in [-0.2, -0.15) is 0 Å². The number of carbonyl (C=O) groups excluding carboxylic acids is 2. The van der Waals surface area contributed by atoms with E-state index in [-0.39, 0.29) is 24.3 Å². The van der Waals surface area contributed by atoms with Crippen LogP contribution in [0.3, 0.4) is 0 Å². The van der Waals surface area contributed by atoms with Gasteiger partial charge in [0.2, 0.25) is 5.91 Å². The maximum atomic E-state index is 12.3. The van der Waals surface area contributed by atoms with Crippen LogP contribution in [0.2, 0.25) is 0 Å². The van der Waals surface area contributed by atoms with Crippen LogP contribution in [0.25, 0.3) is 0 Å². The van der Waals surface area contributed by atoms with Gasteiger partial charge in [-0.25, -0.2) is 4.98 Å². The van der Waals surface area contributed by atoms with Gasteiger partial charge < -0.3 is 15.0 Å². The third-order valence-electron chi connectivity index (χ3n) is 5.42. The Morgan fingerprint density at radius 2 is 2.12 bits per heavy atom. The minimum Gasteiger partial charge on any atom is -0.482 e. The molecule has 0 bridgehead atoms. The van der Waals surface area contributed by atoms with Gasteiger partial charge in [0.15, 0.2) is 6.61 Å². The molecular weight excluding hydrogens is 350 g/mol. The number of thiazole rings is 1. The lowest BCUT2D eigenvalue weighted by Gasteiger charge is -2.30. The molecule has 1 aliphatic carbocycles. The Morgan fingerprint density at radius 3 is 2.96 bits per heavy atom. The summed E-state index contributed by atoms with van der Waals surface area (Å²) in [5.74, 6) is 0.532. The Labute approximate surface area is 155 Å². The third-order valence-corrected chi connectivity index (χ3v) is 6.69. The summed E-state index contributed by atoms with van der Waals surface area (Å²) >= 11 is 1.75. The predicted molar refractivity (Wildman–Crippen MR) is 99.2 cm³/mol. The van der Waals surface area contributed by atoms with Crippen molar-refractivity contribution in [3.05, 3.63) is 33.3 Å². The number of ether oxygens (including phenoxy) is 1.